The predicted octanol–water partition coefficient (Wildman–Crippen LogP) is 2.65. The molecule has 0 radical (unpaired) electrons. The first-order valence-corrected chi connectivity index (χ1v) is 6.22. The lowest BCUT2D eigenvalue weighted by Crippen LogP contribution is -1.97. The van der Waals surface area contributed by atoms with E-state index in [4.69, 9.17) is 15.0 Å². The Morgan fingerprint density at radius 3 is 2.94 bits per heavy atom. The Balaban J connectivity index is 2.33. The summed E-state index contributed by atoms with van der Waals surface area (Å²) in [4.78, 5) is 5.49. The van der Waals surface area contributed by atoms with Crippen molar-refractivity contribution in [3.63, 3.8) is 0 Å². The molecule has 2 aromatic heterocycles. The van der Waals surface area contributed by atoms with Gasteiger partial charge < -0.3 is 15.0 Å². The lowest BCUT2D eigenvalue weighted by Gasteiger charge is -2.00. The van der Waals surface area contributed by atoms with Crippen LogP contribution >= 0.6 is 11.3 Å². The fourth-order valence-corrected chi connectivity index (χ4v) is 2.27. The molecule has 0 spiro atoms. The number of hydrogen-bond acceptors (Lipinski definition) is 6. The van der Waals surface area contributed by atoms with Crippen LogP contribution < -0.4 is 5.73 Å². The van der Waals surface area contributed by atoms with Crippen molar-refractivity contribution < 1.29 is 9.26 Å². The molecule has 0 aromatic carbocycles. The molecule has 1 unspecified atom stereocenters. The summed E-state index contributed by atoms with van der Waals surface area (Å²) < 4.78 is 10.3. The lowest BCUT2D eigenvalue weighted by molar-refractivity contribution is 0.109. The van der Waals surface area contributed by atoms with Crippen molar-refractivity contribution in [3.8, 4) is 11.5 Å². The first-order valence-electron chi connectivity index (χ1n) is 5.40. The molecule has 17 heavy (non-hydrogen) atoms. The van der Waals surface area contributed by atoms with Crippen molar-refractivity contribution >= 4 is 16.3 Å². The van der Waals surface area contributed by atoms with E-state index in [1.54, 1.807) is 18.4 Å². The van der Waals surface area contributed by atoms with Crippen molar-refractivity contribution in [2.45, 2.75) is 26.4 Å². The fraction of sp³-hybridized carbons (Fsp3) is 0.455. The van der Waals surface area contributed by atoms with E-state index >= 15 is 0 Å². The van der Waals surface area contributed by atoms with E-state index < -0.39 is 0 Å². The third-order valence-electron chi connectivity index (χ3n) is 2.55. The average Bonchev–Trinajstić information content (AvgIpc) is 2.94. The molecule has 0 aliphatic rings. The van der Waals surface area contributed by atoms with Crippen LogP contribution in [0.3, 0.4) is 0 Å². The molecule has 0 aliphatic carbocycles. The van der Waals surface area contributed by atoms with Crippen molar-refractivity contribution in [3.05, 3.63) is 16.8 Å². The highest BCUT2D eigenvalue weighted by Gasteiger charge is 2.17. The predicted molar refractivity (Wildman–Crippen MR) is 66.8 cm³/mol. The topological polar surface area (TPSA) is 74.2 Å². The van der Waals surface area contributed by atoms with Crippen LogP contribution in [0.4, 0.5) is 5.00 Å². The van der Waals surface area contributed by atoms with Crippen LogP contribution in [0.25, 0.3) is 11.5 Å². The zero-order valence-corrected chi connectivity index (χ0v) is 10.9. The van der Waals surface area contributed by atoms with Gasteiger partial charge in [0.25, 0.3) is 5.89 Å². The molecule has 0 amide bonds. The molecule has 0 saturated carbocycles. The van der Waals surface area contributed by atoms with Crippen molar-refractivity contribution in [2.75, 3.05) is 12.8 Å². The zero-order valence-electron chi connectivity index (χ0n) is 10.1. The second-order valence-corrected chi connectivity index (χ2v) is 4.85. The molecule has 2 heterocycles. The highest BCUT2D eigenvalue weighted by atomic mass is 32.1. The Labute approximate surface area is 104 Å². The van der Waals surface area contributed by atoms with E-state index in [1.807, 2.05) is 13.0 Å². The number of hydrogen-bond donors (Lipinski definition) is 1. The quantitative estimate of drug-likeness (QED) is 0.906. The molecule has 2 rings (SSSR count). The summed E-state index contributed by atoms with van der Waals surface area (Å²) >= 11 is 1.55. The summed E-state index contributed by atoms with van der Waals surface area (Å²) in [6.45, 7) is 3.95. The summed E-state index contributed by atoms with van der Waals surface area (Å²) in [6.07, 6.45) is 0.766. The molecule has 0 saturated heterocycles. The first kappa shape index (κ1) is 12.1. The van der Waals surface area contributed by atoms with Crippen LogP contribution in [0.15, 0.2) is 10.6 Å². The highest BCUT2D eigenvalue weighted by molar-refractivity contribution is 7.16. The molecule has 5 nitrogen and oxygen atoms in total. The van der Waals surface area contributed by atoms with Crippen LogP contribution in [0.1, 0.15) is 30.7 Å². The maximum atomic E-state index is 5.93. The van der Waals surface area contributed by atoms with E-state index in [-0.39, 0.29) is 6.10 Å². The van der Waals surface area contributed by atoms with Gasteiger partial charge >= 0.3 is 0 Å². The summed E-state index contributed by atoms with van der Waals surface area (Å²) in [5.41, 5.74) is 6.74. The van der Waals surface area contributed by atoms with E-state index in [2.05, 4.69) is 17.1 Å². The number of aryl methyl sites for hydroxylation is 1. The van der Waals surface area contributed by atoms with Crippen LogP contribution in [0.2, 0.25) is 0 Å². The molecule has 6 heteroatoms. The van der Waals surface area contributed by atoms with Gasteiger partial charge in [-0.2, -0.15) is 4.98 Å². The minimum Gasteiger partial charge on any atom is -0.390 e. The third kappa shape index (κ3) is 2.32. The lowest BCUT2D eigenvalue weighted by atomic mass is 10.2. The third-order valence-corrected chi connectivity index (χ3v) is 3.66. The number of methoxy groups -OCH3 is 1. The van der Waals surface area contributed by atoms with E-state index in [9.17, 15) is 0 Å². The number of aromatic nitrogens is 2. The Bertz CT molecular complexity index is 507. The van der Waals surface area contributed by atoms with E-state index in [0.29, 0.717) is 16.7 Å². The summed E-state index contributed by atoms with van der Waals surface area (Å²) in [5.74, 6) is 0.989. The molecule has 0 fully saturated rings. The van der Waals surface area contributed by atoms with Gasteiger partial charge in [-0.3, -0.25) is 0 Å². The monoisotopic (exact) mass is 253 g/mol. The molecule has 1 atom stereocenters. The Morgan fingerprint density at radius 1 is 1.59 bits per heavy atom. The summed E-state index contributed by atoms with van der Waals surface area (Å²) in [7, 11) is 1.61. The van der Waals surface area contributed by atoms with Gasteiger partial charge in [0, 0.05) is 12.0 Å². The Kier molecular flexibility index (Phi) is 3.44. The van der Waals surface area contributed by atoms with Crippen LogP contribution in [0, 0.1) is 0 Å². The van der Waals surface area contributed by atoms with Gasteiger partial charge in [-0.1, -0.05) is 12.1 Å². The normalized spacial score (nSPS) is 12.9. The number of anilines is 1. The number of thiophene rings is 1. The maximum absolute atomic E-state index is 5.93. The van der Waals surface area contributed by atoms with Crippen LogP contribution in [-0.4, -0.2) is 17.3 Å². The van der Waals surface area contributed by atoms with Gasteiger partial charge in [0.05, 0.1) is 10.6 Å². The van der Waals surface area contributed by atoms with E-state index in [0.717, 1.165) is 12.0 Å². The first-order chi connectivity index (χ1) is 8.15. The number of rotatable bonds is 4. The van der Waals surface area contributed by atoms with Crippen molar-refractivity contribution in [1.82, 2.24) is 10.1 Å². The van der Waals surface area contributed by atoms with Gasteiger partial charge in [0.1, 0.15) is 6.10 Å². The Hall–Kier alpha value is -1.40. The number of nitrogens with zero attached hydrogens (tertiary/aromatic N) is 2. The molecular formula is C11H15N3O2S. The maximum Gasteiger partial charge on any atom is 0.261 e. The van der Waals surface area contributed by atoms with E-state index in [1.165, 1.54) is 4.88 Å². The number of nitrogens with two attached hydrogens (primary N) is 1. The smallest absolute Gasteiger partial charge is 0.261 e. The largest absolute Gasteiger partial charge is 0.390 e. The minimum atomic E-state index is -0.182. The van der Waals surface area contributed by atoms with Crippen LogP contribution in [-0.2, 0) is 11.2 Å². The molecule has 92 valence electrons. The second kappa shape index (κ2) is 4.85. The highest BCUT2D eigenvalue weighted by Crippen LogP contribution is 2.33. The van der Waals surface area contributed by atoms with Gasteiger partial charge in [-0.05, 0) is 19.4 Å². The van der Waals surface area contributed by atoms with Crippen molar-refractivity contribution in [2.24, 2.45) is 0 Å². The molecule has 2 aromatic rings. The molecular weight excluding hydrogens is 238 g/mol. The average molecular weight is 253 g/mol. The van der Waals surface area contributed by atoms with Gasteiger partial charge in [-0.15, -0.1) is 11.3 Å². The number of ether oxygens (including phenoxy) is 1. The number of nitrogen functional groups attached to an aromatic ring is 1. The summed E-state index contributed by atoms with van der Waals surface area (Å²) in [6, 6.07) is 1.99. The fourth-order valence-electron chi connectivity index (χ4n) is 1.41. The summed E-state index contributed by atoms with van der Waals surface area (Å²) in [5, 5.41) is 4.59. The molecule has 2 N–H and O–H groups in total. The van der Waals surface area contributed by atoms with Gasteiger partial charge in [0.15, 0.2) is 0 Å². The zero-order chi connectivity index (χ0) is 12.4. The SMILES string of the molecule is CCc1cc(-c2nc(C(C)OC)no2)c(N)s1. The Morgan fingerprint density at radius 2 is 2.35 bits per heavy atom. The second-order valence-electron chi connectivity index (χ2n) is 3.68. The standard InChI is InChI=1S/C11H15N3O2S/c1-4-7-5-8(9(12)17-7)11-13-10(14-16-11)6(2)15-3/h5-6H,4,12H2,1-3H3. The van der Waals surface area contributed by atoms with Gasteiger partial charge in [0.2, 0.25) is 5.82 Å². The van der Waals surface area contributed by atoms with Crippen LogP contribution in [0.5, 0.6) is 0 Å². The molecule has 0 aliphatic heterocycles. The molecule has 0 bridgehead atoms. The van der Waals surface area contributed by atoms with Gasteiger partial charge in [-0.25, -0.2) is 0 Å². The van der Waals surface area contributed by atoms with Crippen molar-refractivity contribution in [1.29, 1.82) is 0 Å². The minimum absolute atomic E-state index is 0.182.